The summed E-state index contributed by atoms with van der Waals surface area (Å²) in [6.45, 7) is 7.87. The predicted molar refractivity (Wildman–Crippen MR) is 45.4 cm³/mol. The molecule has 1 fully saturated rings. The van der Waals surface area contributed by atoms with E-state index in [1.807, 2.05) is 20.8 Å². The minimum atomic E-state index is -0.156. The van der Waals surface area contributed by atoms with Gasteiger partial charge in [0, 0.05) is 17.9 Å². The third-order valence-electron chi connectivity index (χ3n) is 2.17. The van der Waals surface area contributed by atoms with Crippen molar-refractivity contribution in [3.05, 3.63) is 0 Å². The van der Waals surface area contributed by atoms with Gasteiger partial charge in [0.15, 0.2) is 0 Å². The molecule has 1 aliphatic rings. The Bertz CT molecular complexity index is 151. The highest BCUT2D eigenvalue weighted by atomic mass is 16.1. The van der Waals surface area contributed by atoms with Crippen LogP contribution in [-0.4, -0.2) is 18.9 Å². The highest BCUT2D eigenvalue weighted by Gasteiger charge is 2.30. The van der Waals surface area contributed by atoms with Crippen molar-refractivity contribution >= 4 is 5.78 Å². The first-order valence-corrected chi connectivity index (χ1v) is 4.27. The number of Topliss-reactive ketones (excluding diaryl/α,β-unsaturated/α-hetero) is 1. The van der Waals surface area contributed by atoms with Crippen LogP contribution in [0.25, 0.3) is 0 Å². The zero-order valence-electron chi connectivity index (χ0n) is 7.61. The van der Waals surface area contributed by atoms with E-state index in [-0.39, 0.29) is 11.3 Å². The van der Waals surface area contributed by atoms with Crippen LogP contribution < -0.4 is 5.32 Å². The topological polar surface area (TPSA) is 29.1 Å². The van der Waals surface area contributed by atoms with Crippen LogP contribution in [-0.2, 0) is 4.79 Å². The average molecular weight is 155 g/mol. The number of carbonyl (C=O) groups is 1. The van der Waals surface area contributed by atoms with Crippen molar-refractivity contribution in [2.75, 3.05) is 13.1 Å². The summed E-state index contributed by atoms with van der Waals surface area (Å²) >= 11 is 0. The lowest BCUT2D eigenvalue weighted by Crippen LogP contribution is -2.29. The van der Waals surface area contributed by atoms with Crippen LogP contribution in [0.1, 0.15) is 27.2 Å². The number of nitrogens with one attached hydrogen (secondary N) is 1. The molecule has 0 amide bonds. The van der Waals surface area contributed by atoms with Gasteiger partial charge in [0.1, 0.15) is 5.78 Å². The number of ketones is 1. The fraction of sp³-hybridized carbons (Fsp3) is 0.889. The monoisotopic (exact) mass is 155 g/mol. The highest BCUT2D eigenvalue weighted by molar-refractivity contribution is 5.86. The van der Waals surface area contributed by atoms with E-state index >= 15 is 0 Å². The van der Waals surface area contributed by atoms with Gasteiger partial charge in [0.05, 0.1) is 0 Å². The summed E-state index contributed by atoms with van der Waals surface area (Å²) < 4.78 is 0. The molecule has 0 aromatic rings. The van der Waals surface area contributed by atoms with E-state index in [4.69, 9.17) is 0 Å². The minimum absolute atomic E-state index is 0.156. The molecule has 64 valence electrons. The van der Waals surface area contributed by atoms with Crippen molar-refractivity contribution in [2.45, 2.75) is 27.2 Å². The molecule has 0 bridgehead atoms. The van der Waals surface area contributed by atoms with Crippen molar-refractivity contribution < 1.29 is 4.79 Å². The lowest BCUT2D eigenvalue weighted by Gasteiger charge is -2.20. The van der Waals surface area contributed by atoms with E-state index in [0.29, 0.717) is 5.78 Å². The molecular weight excluding hydrogens is 138 g/mol. The predicted octanol–water partition coefficient (Wildman–Crippen LogP) is 1.21. The van der Waals surface area contributed by atoms with Crippen LogP contribution in [0.5, 0.6) is 0 Å². The SMILES string of the molecule is CC(C)(C)C(=O)[C@@H]1CCNC1. The van der Waals surface area contributed by atoms with Gasteiger partial charge < -0.3 is 5.32 Å². The first-order chi connectivity index (χ1) is 5.02. The van der Waals surface area contributed by atoms with Gasteiger partial charge in [0.25, 0.3) is 0 Å². The zero-order valence-corrected chi connectivity index (χ0v) is 7.61. The Labute approximate surface area is 68.4 Å². The quantitative estimate of drug-likeness (QED) is 0.616. The van der Waals surface area contributed by atoms with Gasteiger partial charge in [0.2, 0.25) is 0 Å². The third kappa shape index (κ3) is 2.03. The molecule has 1 heterocycles. The lowest BCUT2D eigenvalue weighted by molar-refractivity contribution is -0.129. The van der Waals surface area contributed by atoms with Crippen molar-refractivity contribution in [1.29, 1.82) is 0 Å². The molecule has 0 aliphatic carbocycles. The molecule has 1 aliphatic heterocycles. The average Bonchev–Trinajstić information content (AvgIpc) is 2.34. The lowest BCUT2D eigenvalue weighted by atomic mass is 9.83. The van der Waals surface area contributed by atoms with Gasteiger partial charge in [-0.05, 0) is 13.0 Å². The molecule has 2 nitrogen and oxygen atoms in total. The van der Waals surface area contributed by atoms with Crippen LogP contribution in [0.4, 0.5) is 0 Å². The zero-order chi connectivity index (χ0) is 8.48. The summed E-state index contributed by atoms with van der Waals surface area (Å²) in [6.07, 6.45) is 1.02. The first-order valence-electron chi connectivity index (χ1n) is 4.27. The molecule has 1 N–H and O–H groups in total. The van der Waals surface area contributed by atoms with Gasteiger partial charge in [-0.1, -0.05) is 20.8 Å². The number of carbonyl (C=O) groups excluding carboxylic acids is 1. The van der Waals surface area contributed by atoms with Gasteiger partial charge in [-0.2, -0.15) is 0 Å². The molecule has 1 rings (SSSR count). The van der Waals surface area contributed by atoms with Gasteiger partial charge in [-0.3, -0.25) is 4.79 Å². The summed E-state index contributed by atoms with van der Waals surface area (Å²) in [7, 11) is 0. The smallest absolute Gasteiger partial charge is 0.142 e. The Morgan fingerprint density at radius 3 is 2.45 bits per heavy atom. The molecule has 2 heteroatoms. The Kier molecular flexibility index (Phi) is 2.33. The standard InChI is InChI=1S/C9H17NO/c1-9(2,3)8(11)7-4-5-10-6-7/h7,10H,4-6H2,1-3H3/t7-/m1/s1. The molecule has 0 saturated carbocycles. The maximum Gasteiger partial charge on any atom is 0.142 e. The molecule has 0 radical (unpaired) electrons. The Hall–Kier alpha value is -0.370. The number of hydrogen-bond donors (Lipinski definition) is 1. The van der Waals surface area contributed by atoms with E-state index < -0.39 is 0 Å². The fourth-order valence-electron chi connectivity index (χ4n) is 1.49. The largest absolute Gasteiger partial charge is 0.316 e. The molecule has 0 aromatic carbocycles. The van der Waals surface area contributed by atoms with Gasteiger partial charge in [-0.15, -0.1) is 0 Å². The number of hydrogen-bond acceptors (Lipinski definition) is 2. The molecule has 11 heavy (non-hydrogen) atoms. The molecule has 0 aromatic heterocycles. The normalized spacial score (nSPS) is 25.5. The van der Waals surface area contributed by atoms with E-state index in [0.717, 1.165) is 19.5 Å². The van der Waals surface area contributed by atoms with Gasteiger partial charge >= 0.3 is 0 Å². The Morgan fingerprint density at radius 2 is 2.09 bits per heavy atom. The minimum Gasteiger partial charge on any atom is -0.316 e. The van der Waals surface area contributed by atoms with E-state index in [9.17, 15) is 4.79 Å². The first kappa shape index (κ1) is 8.72. The molecule has 0 spiro atoms. The summed E-state index contributed by atoms with van der Waals surface area (Å²) in [5.41, 5.74) is -0.156. The highest BCUT2D eigenvalue weighted by Crippen LogP contribution is 2.23. The van der Waals surface area contributed by atoms with E-state index in [1.165, 1.54) is 0 Å². The van der Waals surface area contributed by atoms with E-state index in [1.54, 1.807) is 0 Å². The summed E-state index contributed by atoms with van der Waals surface area (Å²) in [5, 5.41) is 3.20. The van der Waals surface area contributed by atoms with Gasteiger partial charge in [-0.25, -0.2) is 0 Å². The summed E-state index contributed by atoms with van der Waals surface area (Å²) in [6, 6.07) is 0. The second kappa shape index (κ2) is 2.94. The third-order valence-corrected chi connectivity index (χ3v) is 2.17. The Balaban J connectivity index is 2.53. The molecular formula is C9H17NO. The molecule has 1 saturated heterocycles. The Morgan fingerprint density at radius 1 is 1.45 bits per heavy atom. The second-order valence-corrected chi connectivity index (χ2v) is 4.30. The number of rotatable bonds is 1. The van der Waals surface area contributed by atoms with Crippen LogP contribution in [0.2, 0.25) is 0 Å². The van der Waals surface area contributed by atoms with Crippen molar-refractivity contribution in [3.63, 3.8) is 0 Å². The fourth-order valence-corrected chi connectivity index (χ4v) is 1.49. The summed E-state index contributed by atoms with van der Waals surface area (Å²) in [5.74, 6) is 0.678. The van der Waals surface area contributed by atoms with E-state index in [2.05, 4.69) is 5.32 Å². The second-order valence-electron chi connectivity index (χ2n) is 4.30. The maximum absolute atomic E-state index is 11.6. The van der Waals surface area contributed by atoms with Crippen LogP contribution in [0, 0.1) is 11.3 Å². The van der Waals surface area contributed by atoms with Crippen LogP contribution in [0.3, 0.4) is 0 Å². The molecule has 0 unspecified atom stereocenters. The van der Waals surface area contributed by atoms with Crippen LogP contribution >= 0.6 is 0 Å². The van der Waals surface area contributed by atoms with Crippen molar-refractivity contribution in [3.8, 4) is 0 Å². The maximum atomic E-state index is 11.6. The van der Waals surface area contributed by atoms with Crippen molar-refractivity contribution in [1.82, 2.24) is 5.32 Å². The van der Waals surface area contributed by atoms with Crippen LogP contribution in [0.15, 0.2) is 0 Å². The molecule has 1 atom stereocenters. The summed E-state index contributed by atoms with van der Waals surface area (Å²) in [4.78, 5) is 11.6. The van der Waals surface area contributed by atoms with Crippen molar-refractivity contribution in [2.24, 2.45) is 11.3 Å².